The van der Waals surface area contributed by atoms with Crippen molar-refractivity contribution in [3.05, 3.63) is 30.5 Å². The molecule has 0 atom stereocenters. The Morgan fingerprint density at radius 1 is 1.40 bits per heavy atom. The van der Waals surface area contributed by atoms with Crippen molar-refractivity contribution in [2.24, 2.45) is 0 Å². The number of rotatable bonds is 3. The highest BCUT2D eigenvalue weighted by atomic mass is 32.2. The molecule has 0 fully saturated rings. The maximum atomic E-state index is 5.14. The highest BCUT2D eigenvalue weighted by molar-refractivity contribution is 7.98. The number of hydrogen-bond donors (Lipinski definition) is 0. The molecule has 0 saturated heterocycles. The lowest BCUT2D eigenvalue weighted by atomic mass is 10.3. The second-order valence-corrected chi connectivity index (χ2v) is 3.73. The summed E-state index contributed by atoms with van der Waals surface area (Å²) in [7, 11) is 1.65. The second-order valence-electron chi connectivity index (χ2n) is 2.91. The topological polar surface area (TPSA) is 39.9 Å². The lowest BCUT2D eigenvalue weighted by molar-refractivity contribution is 0.414. The second kappa shape index (κ2) is 4.35. The summed E-state index contributed by atoms with van der Waals surface area (Å²) in [5, 5.41) is 8.93. The van der Waals surface area contributed by atoms with Crippen LogP contribution in [0.1, 0.15) is 0 Å². The highest BCUT2D eigenvalue weighted by Gasteiger charge is 2.02. The first-order valence-corrected chi connectivity index (χ1v) is 5.66. The van der Waals surface area contributed by atoms with Gasteiger partial charge in [-0.25, -0.2) is 4.68 Å². The molecule has 0 radical (unpaired) electrons. The molecule has 0 bridgehead atoms. The van der Waals surface area contributed by atoms with Gasteiger partial charge in [-0.2, -0.15) is 0 Å². The van der Waals surface area contributed by atoms with Crippen molar-refractivity contribution in [3.8, 4) is 11.4 Å². The van der Waals surface area contributed by atoms with Crippen molar-refractivity contribution in [1.82, 2.24) is 15.0 Å². The van der Waals surface area contributed by atoms with Crippen molar-refractivity contribution in [2.75, 3.05) is 13.4 Å². The monoisotopic (exact) mass is 221 g/mol. The van der Waals surface area contributed by atoms with Crippen LogP contribution in [0.5, 0.6) is 5.75 Å². The number of benzene rings is 1. The predicted molar refractivity (Wildman–Crippen MR) is 59.7 cm³/mol. The third kappa shape index (κ3) is 2.12. The Morgan fingerprint density at radius 2 is 2.27 bits per heavy atom. The van der Waals surface area contributed by atoms with Crippen molar-refractivity contribution in [3.63, 3.8) is 0 Å². The van der Waals surface area contributed by atoms with Crippen LogP contribution in [0.25, 0.3) is 5.69 Å². The molecule has 1 heterocycles. The van der Waals surface area contributed by atoms with Crippen LogP contribution < -0.4 is 4.74 Å². The Kier molecular flexibility index (Phi) is 2.91. The van der Waals surface area contributed by atoms with E-state index in [4.69, 9.17) is 4.74 Å². The largest absolute Gasteiger partial charge is 0.497 e. The minimum atomic E-state index is 0.814. The Bertz CT molecular complexity index is 455. The molecule has 0 unspecified atom stereocenters. The molecule has 15 heavy (non-hydrogen) atoms. The summed E-state index contributed by atoms with van der Waals surface area (Å²) >= 11 is 1.57. The molecular formula is C10H11N3OS. The number of ether oxygens (including phenoxy) is 1. The van der Waals surface area contributed by atoms with Gasteiger partial charge >= 0.3 is 0 Å². The summed E-state index contributed by atoms with van der Waals surface area (Å²) < 4.78 is 6.87. The summed E-state index contributed by atoms with van der Waals surface area (Å²) in [4.78, 5) is 0. The Hall–Kier alpha value is -1.49. The third-order valence-corrected chi connectivity index (χ3v) is 2.60. The Balaban J connectivity index is 2.35. The fraction of sp³-hybridized carbons (Fsp3) is 0.200. The van der Waals surface area contributed by atoms with E-state index >= 15 is 0 Å². The number of thioether (sulfide) groups is 1. The molecule has 2 aromatic rings. The fourth-order valence-corrected chi connectivity index (χ4v) is 1.54. The first-order valence-electron chi connectivity index (χ1n) is 4.44. The standard InChI is InChI=1S/C10H11N3OS/c1-14-9-5-3-4-8(6-9)13-7-10(15-2)11-12-13/h3-7H,1-2H3. The number of nitrogens with zero attached hydrogens (tertiary/aromatic N) is 3. The molecule has 0 amide bonds. The molecule has 0 aliphatic rings. The summed E-state index contributed by atoms with van der Waals surface area (Å²) in [5.74, 6) is 0.814. The molecule has 4 nitrogen and oxygen atoms in total. The maximum absolute atomic E-state index is 5.14. The summed E-state index contributed by atoms with van der Waals surface area (Å²) in [6, 6.07) is 7.70. The summed E-state index contributed by atoms with van der Waals surface area (Å²) in [5.41, 5.74) is 0.946. The average molecular weight is 221 g/mol. The average Bonchev–Trinajstić information content (AvgIpc) is 2.78. The Morgan fingerprint density at radius 3 is 2.93 bits per heavy atom. The van der Waals surface area contributed by atoms with Gasteiger partial charge in [0.15, 0.2) is 0 Å². The van der Waals surface area contributed by atoms with E-state index in [0.717, 1.165) is 16.5 Å². The molecule has 1 aromatic carbocycles. The lowest BCUT2D eigenvalue weighted by Gasteiger charge is -2.02. The molecule has 5 heteroatoms. The zero-order valence-corrected chi connectivity index (χ0v) is 9.36. The van der Waals surface area contributed by atoms with Gasteiger partial charge in [0.1, 0.15) is 10.8 Å². The molecule has 0 N–H and O–H groups in total. The summed E-state index contributed by atoms with van der Waals surface area (Å²) in [6.45, 7) is 0. The minimum Gasteiger partial charge on any atom is -0.497 e. The van der Waals surface area contributed by atoms with Gasteiger partial charge in [0.2, 0.25) is 0 Å². The quantitative estimate of drug-likeness (QED) is 0.743. The van der Waals surface area contributed by atoms with Crippen LogP contribution in [0.3, 0.4) is 0 Å². The molecule has 0 aliphatic carbocycles. The third-order valence-electron chi connectivity index (χ3n) is 2.00. The lowest BCUT2D eigenvalue weighted by Crippen LogP contribution is -1.95. The molecule has 0 spiro atoms. The zero-order chi connectivity index (χ0) is 10.7. The highest BCUT2D eigenvalue weighted by Crippen LogP contribution is 2.17. The summed E-state index contributed by atoms with van der Waals surface area (Å²) in [6.07, 6.45) is 3.86. The molecule has 0 aliphatic heterocycles. The van der Waals surface area contributed by atoms with Crippen LogP contribution in [0.4, 0.5) is 0 Å². The van der Waals surface area contributed by atoms with E-state index < -0.39 is 0 Å². The van der Waals surface area contributed by atoms with Gasteiger partial charge < -0.3 is 4.74 Å². The van der Waals surface area contributed by atoms with E-state index in [9.17, 15) is 0 Å². The van der Waals surface area contributed by atoms with Crippen molar-refractivity contribution >= 4 is 11.8 Å². The molecule has 1 aromatic heterocycles. The van der Waals surface area contributed by atoms with Crippen LogP contribution in [0.15, 0.2) is 35.5 Å². The number of hydrogen-bond acceptors (Lipinski definition) is 4. The SMILES string of the molecule is COc1cccc(-n2cc(SC)nn2)c1. The van der Waals surface area contributed by atoms with Gasteiger partial charge in [0.25, 0.3) is 0 Å². The van der Waals surface area contributed by atoms with E-state index in [1.165, 1.54) is 0 Å². The van der Waals surface area contributed by atoms with E-state index in [-0.39, 0.29) is 0 Å². The van der Waals surface area contributed by atoms with Crippen molar-refractivity contribution < 1.29 is 4.74 Å². The maximum Gasteiger partial charge on any atom is 0.139 e. The Labute approximate surface area is 92.3 Å². The molecule has 0 saturated carbocycles. The van der Waals surface area contributed by atoms with Gasteiger partial charge in [0, 0.05) is 6.07 Å². The van der Waals surface area contributed by atoms with Gasteiger partial charge in [0.05, 0.1) is 19.0 Å². The van der Waals surface area contributed by atoms with Gasteiger partial charge in [-0.05, 0) is 18.4 Å². The van der Waals surface area contributed by atoms with E-state index in [2.05, 4.69) is 10.3 Å². The van der Waals surface area contributed by atoms with E-state index in [1.807, 2.05) is 36.7 Å². The number of methoxy groups -OCH3 is 1. The molecular weight excluding hydrogens is 210 g/mol. The normalized spacial score (nSPS) is 10.3. The predicted octanol–water partition coefficient (Wildman–Crippen LogP) is 2.00. The van der Waals surface area contributed by atoms with Gasteiger partial charge in [-0.3, -0.25) is 0 Å². The van der Waals surface area contributed by atoms with E-state index in [1.54, 1.807) is 23.6 Å². The van der Waals surface area contributed by atoms with Crippen LogP contribution in [0.2, 0.25) is 0 Å². The van der Waals surface area contributed by atoms with Gasteiger partial charge in [-0.1, -0.05) is 11.3 Å². The van der Waals surface area contributed by atoms with Crippen LogP contribution in [-0.4, -0.2) is 28.4 Å². The smallest absolute Gasteiger partial charge is 0.139 e. The van der Waals surface area contributed by atoms with E-state index in [0.29, 0.717) is 0 Å². The zero-order valence-electron chi connectivity index (χ0n) is 8.54. The van der Waals surface area contributed by atoms with Crippen LogP contribution in [0, 0.1) is 0 Å². The number of aromatic nitrogens is 3. The first-order chi connectivity index (χ1) is 7.33. The van der Waals surface area contributed by atoms with Crippen molar-refractivity contribution in [2.45, 2.75) is 5.03 Å². The van der Waals surface area contributed by atoms with Crippen LogP contribution in [-0.2, 0) is 0 Å². The van der Waals surface area contributed by atoms with Crippen LogP contribution >= 0.6 is 11.8 Å². The molecule has 78 valence electrons. The van der Waals surface area contributed by atoms with Gasteiger partial charge in [-0.15, -0.1) is 16.9 Å². The minimum absolute atomic E-state index is 0.814. The first kappa shape index (κ1) is 10.0. The fourth-order valence-electron chi connectivity index (χ4n) is 1.22. The molecule has 2 rings (SSSR count). The van der Waals surface area contributed by atoms with Crippen molar-refractivity contribution in [1.29, 1.82) is 0 Å².